The Bertz CT molecular complexity index is 960. The highest BCUT2D eigenvalue weighted by Crippen LogP contribution is 2.27. The summed E-state index contributed by atoms with van der Waals surface area (Å²) in [5.41, 5.74) is 2.72. The van der Waals surface area contributed by atoms with Gasteiger partial charge in [0.2, 0.25) is 5.91 Å². The second kappa shape index (κ2) is 9.49. The van der Waals surface area contributed by atoms with E-state index < -0.39 is 10.0 Å². The van der Waals surface area contributed by atoms with Gasteiger partial charge in [-0.3, -0.25) is 4.79 Å². The van der Waals surface area contributed by atoms with Crippen molar-refractivity contribution in [2.24, 2.45) is 5.92 Å². The van der Waals surface area contributed by atoms with E-state index >= 15 is 0 Å². The Balaban J connectivity index is 1.26. The third-order valence-corrected chi connectivity index (χ3v) is 9.19. The highest BCUT2D eigenvalue weighted by molar-refractivity contribution is 7.91. The molecule has 1 unspecified atom stereocenters. The predicted molar refractivity (Wildman–Crippen MR) is 120 cm³/mol. The molecule has 1 aromatic heterocycles. The molecule has 6 nitrogen and oxygen atoms in total. The summed E-state index contributed by atoms with van der Waals surface area (Å²) >= 11 is 1.22. The number of piperidine rings is 1. The number of amides is 1. The Morgan fingerprint density at radius 1 is 1.13 bits per heavy atom. The van der Waals surface area contributed by atoms with Gasteiger partial charge in [0.25, 0.3) is 10.0 Å². The number of benzene rings is 1. The molecule has 1 N–H and O–H groups in total. The third kappa shape index (κ3) is 4.71. The van der Waals surface area contributed by atoms with E-state index in [1.54, 1.807) is 17.5 Å². The average molecular weight is 448 g/mol. The highest BCUT2D eigenvalue weighted by atomic mass is 32.2. The number of aryl methyl sites for hydroxylation is 1. The molecule has 1 fully saturated rings. The molecule has 30 heavy (non-hydrogen) atoms. The van der Waals surface area contributed by atoms with Gasteiger partial charge in [0.15, 0.2) is 0 Å². The van der Waals surface area contributed by atoms with Crippen LogP contribution in [0.1, 0.15) is 31.2 Å². The lowest BCUT2D eigenvalue weighted by Crippen LogP contribution is -2.45. The summed E-state index contributed by atoms with van der Waals surface area (Å²) in [7, 11) is -3.49. The first-order valence-corrected chi connectivity index (χ1v) is 13.0. The largest absolute Gasteiger partial charge is 0.371 e. The first kappa shape index (κ1) is 21.3. The number of nitrogens with zero attached hydrogens (tertiary/aromatic N) is 2. The van der Waals surface area contributed by atoms with Crippen LogP contribution in [0, 0.1) is 5.92 Å². The Kier molecular flexibility index (Phi) is 6.75. The number of anilines is 1. The molecule has 0 bridgehead atoms. The van der Waals surface area contributed by atoms with Gasteiger partial charge in [-0.2, -0.15) is 4.31 Å². The molecular weight excluding hydrogens is 418 g/mol. The molecule has 1 amide bonds. The van der Waals surface area contributed by atoms with Gasteiger partial charge < -0.3 is 10.2 Å². The van der Waals surface area contributed by atoms with Crippen LogP contribution in [-0.4, -0.2) is 51.4 Å². The van der Waals surface area contributed by atoms with Crippen molar-refractivity contribution in [3.8, 4) is 0 Å². The summed E-state index contributed by atoms with van der Waals surface area (Å²) in [5.74, 6) is -0.302. The molecule has 0 aliphatic carbocycles. The smallest absolute Gasteiger partial charge is 0.252 e. The molecule has 4 rings (SSSR count). The van der Waals surface area contributed by atoms with Crippen molar-refractivity contribution in [2.45, 2.75) is 36.3 Å². The lowest BCUT2D eigenvalue weighted by molar-refractivity contribution is -0.126. The van der Waals surface area contributed by atoms with Gasteiger partial charge in [-0.05, 0) is 55.2 Å². The Morgan fingerprint density at radius 2 is 2.00 bits per heavy atom. The molecule has 2 aliphatic rings. The standard InChI is InChI=1S/C22H29N3O3S2/c26-22(19-9-4-15-25(17-19)30(27,28)21-11-5-16-29-21)23-12-6-14-24-13-3-8-18-7-1-2-10-20(18)24/h1-2,5,7,10-11,16,19H,3-4,6,8-9,12-15,17H2,(H,23,26). The molecule has 3 heterocycles. The summed E-state index contributed by atoms with van der Waals surface area (Å²) in [6.07, 6.45) is 4.63. The highest BCUT2D eigenvalue weighted by Gasteiger charge is 2.33. The van der Waals surface area contributed by atoms with E-state index in [2.05, 4.69) is 34.5 Å². The molecule has 2 aliphatic heterocycles. The van der Waals surface area contributed by atoms with E-state index in [1.165, 1.54) is 33.3 Å². The minimum absolute atomic E-state index is 0.0277. The summed E-state index contributed by atoms with van der Waals surface area (Å²) in [4.78, 5) is 15.1. The Morgan fingerprint density at radius 3 is 2.83 bits per heavy atom. The monoisotopic (exact) mass is 447 g/mol. The summed E-state index contributed by atoms with van der Waals surface area (Å²) < 4.78 is 27.3. The second-order valence-electron chi connectivity index (χ2n) is 8.00. The maximum atomic E-state index is 12.8. The zero-order valence-electron chi connectivity index (χ0n) is 17.1. The van der Waals surface area contributed by atoms with Crippen molar-refractivity contribution < 1.29 is 13.2 Å². The summed E-state index contributed by atoms with van der Waals surface area (Å²) in [5, 5.41) is 4.80. The average Bonchev–Trinajstić information content (AvgIpc) is 3.33. The number of carbonyl (C=O) groups is 1. The van der Waals surface area contributed by atoms with Gasteiger partial charge in [0, 0.05) is 38.4 Å². The third-order valence-electron chi connectivity index (χ3n) is 5.95. The van der Waals surface area contributed by atoms with E-state index in [1.807, 2.05) is 0 Å². The van der Waals surface area contributed by atoms with Crippen LogP contribution in [0.2, 0.25) is 0 Å². The summed E-state index contributed by atoms with van der Waals surface area (Å²) in [6, 6.07) is 11.9. The predicted octanol–water partition coefficient (Wildman–Crippen LogP) is 3.11. The lowest BCUT2D eigenvalue weighted by atomic mass is 9.99. The molecule has 162 valence electrons. The van der Waals surface area contributed by atoms with Gasteiger partial charge in [-0.15, -0.1) is 11.3 Å². The van der Waals surface area contributed by atoms with Crippen molar-refractivity contribution in [2.75, 3.05) is 37.6 Å². The molecule has 8 heteroatoms. The Labute approximate surface area is 182 Å². The zero-order chi connectivity index (χ0) is 21.0. The molecule has 1 saturated heterocycles. The van der Waals surface area contributed by atoms with Crippen LogP contribution in [0.3, 0.4) is 0 Å². The van der Waals surface area contributed by atoms with Gasteiger partial charge in [-0.1, -0.05) is 24.3 Å². The molecular formula is C22H29N3O3S2. The zero-order valence-corrected chi connectivity index (χ0v) is 18.8. The topological polar surface area (TPSA) is 69.7 Å². The first-order chi connectivity index (χ1) is 14.6. The number of sulfonamides is 1. The lowest BCUT2D eigenvalue weighted by Gasteiger charge is -2.32. The normalized spacial score (nSPS) is 20.0. The van der Waals surface area contributed by atoms with Gasteiger partial charge in [-0.25, -0.2) is 8.42 Å². The number of thiophene rings is 1. The van der Waals surface area contributed by atoms with Crippen molar-refractivity contribution >= 4 is 33.0 Å². The van der Waals surface area contributed by atoms with E-state index in [0.29, 0.717) is 23.7 Å². The van der Waals surface area contributed by atoms with Crippen molar-refractivity contribution in [3.05, 3.63) is 47.3 Å². The van der Waals surface area contributed by atoms with Crippen LogP contribution in [0.4, 0.5) is 5.69 Å². The number of hydrogen-bond donors (Lipinski definition) is 1. The fraction of sp³-hybridized carbons (Fsp3) is 0.500. The molecule has 1 atom stereocenters. The van der Waals surface area contributed by atoms with E-state index in [9.17, 15) is 13.2 Å². The number of nitrogens with one attached hydrogen (secondary N) is 1. The maximum absolute atomic E-state index is 12.8. The fourth-order valence-corrected chi connectivity index (χ4v) is 7.05. The van der Waals surface area contributed by atoms with Crippen LogP contribution in [0.15, 0.2) is 46.0 Å². The van der Waals surface area contributed by atoms with E-state index in [0.717, 1.165) is 32.4 Å². The van der Waals surface area contributed by atoms with Crippen molar-refractivity contribution in [1.29, 1.82) is 0 Å². The van der Waals surface area contributed by atoms with Gasteiger partial charge in [0.1, 0.15) is 4.21 Å². The minimum atomic E-state index is -3.49. The first-order valence-electron chi connectivity index (χ1n) is 10.7. The van der Waals surface area contributed by atoms with Gasteiger partial charge >= 0.3 is 0 Å². The number of hydrogen-bond acceptors (Lipinski definition) is 5. The number of carbonyl (C=O) groups excluding carboxylic acids is 1. The molecule has 2 aromatic rings. The Hall–Kier alpha value is -1.90. The van der Waals surface area contributed by atoms with E-state index in [-0.39, 0.29) is 18.4 Å². The van der Waals surface area contributed by atoms with Crippen LogP contribution in [-0.2, 0) is 21.2 Å². The number of fused-ring (bicyclic) bond motifs is 1. The number of para-hydroxylation sites is 1. The van der Waals surface area contributed by atoms with E-state index in [4.69, 9.17) is 0 Å². The fourth-order valence-electron chi connectivity index (χ4n) is 4.38. The SMILES string of the molecule is O=C(NCCCN1CCCc2ccccc21)C1CCCN(S(=O)(=O)c2cccs2)C1. The van der Waals surface area contributed by atoms with Crippen LogP contribution < -0.4 is 10.2 Å². The quantitative estimate of drug-likeness (QED) is 0.662. The molecule has 0 radical (unpaired) electrons. The summed E-state index contributed by atoms with van der Waals surface area (Å²) in [6.45, 7) is 3.35. The maximum Gasteiger partial charge on any atom is 0.252 e. The second-order valence-corrected chi connectivity index (χ2v) is 11.1. The van der Waals surface area contributed by atoms with Crippen molar-refractivity contribution in [3.63, 3.8) is 0 Å². The molecule has 0 spiro atoms. The minimum Gasteiger partial charge on any atom is -0.371 e. The molecule has 0 saturated carbocycles. The van der Waals surface area contributed by atoms with Gasteiger partial charge in [0.05, 0.1) is 5.92 Å². The van der Waals surface area contributed by atoms with Crippen LogP contribution >= 0.6 is 11.3 Å². The van der Waals surface area contributed by atoms with Crippen LogP contribution in [0.25, 0.3) is 0 Å². The molecule has 1 aromatic carbocycles. The van der Waals surface area contributed by atoms with Crippen LogP contribution in [0.5, 0.6) is 0 Å². The number of rotatable bonds is 7. The van der Waals surface area contributed by atoms with Crippen molar-refractivity contribution in [1.82, 2.24) is 9.62 Å².